The molecule has 0 spiro atoms. The molecule has 2 aromatic rings. The minimum absolute atomic E-state index is 0.0216. The largest absolute Gasteiger partial charge is 0.486 e. The van der Waals surface area contributed by atoms with Gasteiger partial charge in [0.2, 0.25) is 5.91 Å². The molecule has 0 saturated carbocycles. The summed E-state index contributed by atoms with van der Waals surface area (Å²) < 4.78 is 11.1. The second-order valence-corrected chi connectivity index (χ2v) is 7.47. The quantitative estimate of drug-likeness (QED) is 0.920. The van der Waals surface area contributed by atoms with Gasteiger partial charge in [0.1, 0.15) is 13.2 Å². The average molecular weight is 343 g/mol. The topological polar surface area (TPSA) is 47.6 Å². The maximum Gasteiger partial charge on any atom is 0.229 e. The van der Waals surface area contributed by atoms with Gasteiger partial charge in [-0.25, -0.2) is 0 Å². The second-order valence-electron chi connectivity index (χ2n) is 6.37. The predicted molar refractivity (Wildman–Crippen MR) is 95.5 cm³/mol. The zero-order valence-corrected chi connectivity index (χ0v) is 14.6. The second kappa shape index (κ2) is 6.48. The summed E-state index contributed by atoms with van der Waals surface area (Å²) in [6.07, 6.45) is 5.17. The Morgan fingerprint density at radius 3 is 2.79 bits per heavy atom. The van der Waals surface area contributed by atoms with Crippen LogP contribution in [0, 0.1) is 6.92 Å². The Morgan fingerprint density at radius 1 is 1.17 bits per heavy atom. The fourth-order valence-electron chi connectivity index (χ4n) is 3.40. The van der Waals surface area contributed by atoms with E-state index in [-0.39, 0.29) is 5.91 Å². The molecule has 0 radical (unpaired) electrons. The van der Waals surface area contributed by atoms with E-state index in [1.54, 1.807) is 11.3 Å². The van der Waals surface area contributed by atoms with Gasteiger partial charge in [0.05, 0.1) is 11.4 Å². The van der Waals surface area contributed by atoms with Gasteiger partial charge in [-0.05, 0) is 61.4 Å². The third kappa shape index (κ3) is 3.00. The highest BCUT2D eigenvalue weighted by Gasteiger charge is 2.19. The number of amides is 1. The molecule has 0 bridgehead atoms. The summed E-state index contributed by atoms with van der Waals surface area (Å²) >= 11 is 1.75. The molecule has 4 nitrogen and oxygen atoms in total. The fourth-order valence-corrected chi connectivity index (χ4v) is 4.71. The molecular weight excluding hydrogens is 322 g/mol. The maximum absolute atomic E-state index is 12.4. The zero-order valence-electron chi connectivity index (χ0n) is 13.8. The summed E-state index contributed by atoms with van der Waals surface area (Å²) in [5.41, 5.74) is 3.65. The van der Waals surface area contributed by atoms with Gasteiger partial charge in [-0.2, -0.15) is 0 Å². The average Bonchev–Trinajstić information content (AvgIpc) is 2.91. The number of hydrogen-bond donors (Lipinski definition) is 1. The molecule has 4 rings (SSSR count). The minimum Gasteiger partial charge on any atom is -0.486 e. The SMILES string of the molecule is Cc1c(NC(=O)Cc2ccc3c(c2)OCCO3)sc2c1CCCC2. The molecule has 1 aromatic carbocycles. The van der Waals surface area contributed by atoms with Crippen LogP contribution in [0.2, 0.25) is 0 Å². The third-order valence-electron chi connectivity index (χ3n) is 4.66. The minimum atomic E-state index is 0.0216. The third-order valence-corrected chi connectivity index (χ3v) is 5.97. The highest BCUT2D eigenvalue weighted by Crippen LogP contribution is 2.37. The first-order valence-electron chi connectivity index (χ1n) is 8.50. The van der Waals surface area contributed by atoms with Gasteiger partial charge >= 0.3 is 0 Å². The first-order chi connectivity index (χ1) is 11.7. The molecule has 0 saturated heterocycles. The van der Waals surface area contributed by atoms with E-state index in [2.05, 4.69) is 12.2 Å². The van der Waals surface area contributed by atoms with Gasteiger partial charge in [0.15, 0.2) is 11.5 Å². The van der Waals surface area contributed by atoms with E-state index in [0.717, 1.165) is 34.9 Å². The Hall–Kier alpha value is -2.01. The lowest BCUT2D eigenvalue weighted by Gasteiger charge is -2.18. The molecule has 1 aromatic heterocycles. The number of thiophene rings is 1. The summed E-state index contributed by atoms with van der Waals surface area (Å²) in [7, 11) is 0. The van der Waals surface area contributed by atoms with Gasteiger partial charge in [-0.3, -0.25) is 4.79 Å². The number of carbonyl (C=O) groups is 1. The molecule has 1 amide bonds. The first-order valence-corrected chi connectivity index (χ1v) is 9.32. The lowest BCUT2D eigenvalue weighted by atomic mass is 9.96. The molecule has 1 aliphatic heterocycles. The Morgan fingerprint density at radius 2 is 1.96 bits per heavy atom. The molecule has 2 heterocycles. The van der Waals surface area contributed by atoms with Crippen molar-refractivity contribution in [2.45, 2.75) is 39.0 Å². The van der Waals surface area contributed by atoms with Crippen LogP contribution in [-0.2, 0) is 24.1 Å². The number of benzene rings is 1. The Kier molecular flexibility index (Phi) is 4.19. The van der Waals surface area contributed by atoms with E-state index < -0.39 is 0 Å². The van der Waals surface area contributed by atoms with Crippen LogP contribution < -0.4 is 14.8 Å². The van der Waals surface area contributed by atoms with E-state index in [9.17, 15) is 4.79 Å². The summed E-state index contributed by atoms with van der Waals surface area (Å²) in [5, 5.41) is 4.12. The van der Waals surface area contributed by atoms with E-state index in [1.165, 1.54) is 28.8 Å². The van der Waals surface area contributed by atoms with Crippen LogP contribution in [-0.4, -0.2) is 19.1 Å². The summed E-state index contributed by atoms with van der Waals surface area (Å²) in [6, 6.07) is 5.71. The van der Waals surface area contributed by atoms with Crippen molar-refractivity contribution < 1.29 is 14.3 Å². The predicted octanol–water partition coefficient (Wildman–Crippen LogP) is 3.89. The van der Waals surface area contributed by atoms with Crippen molar-refractivity contribution in [3.05, 3.63) is 39.8 Å². The smallest absolute Gasteiger partial charge is 0.229 e. The van der Waals surface area contributed by atoms with Crippen molar-refractivity contribution in [1.29, 1.82) is 0 Å². The van der Waals surface area contributed by atoms with E-state index in [1.807, 2.05) is 18.2 Å². The van der Waals surface area contributed by atoms with Gasteiger partial charge in [-0.15, -0.1) is 11.3 Å². The van der Waals surface area contributed by atoms with Crippen LogP contribution in [0.25, 0.3) is 0 Å². The molecule has 0 fully saturated rings. The van der Waals surface area contributed by atoms with Crippen molar-refractivity contribution in [1.82, 2.24) is 0 Å². The van der Waals surface area contributed by atoms with Crippen molar-refractivity contribution in [2.75, 3.05) is 18.5 Å². The van der Waals surface area contributed by atoms with E-state index in [0.29, 0.717) is 19.6 Å². The molecular formula is C19H21NO3S. The van der Waals surface area contributed by atoms with Crippen LogP contribution >= 0.6 is 11.3 Å². The normalized spacial score (nSPS) is 15.7. The van der Waals surface area contributed by atoms with Crippen LogP contribution in [0.15, 0.2) is 18.2 Å². The summed E-state index contributed by atoms with van der Waals surface area (Å²) in [6.45, 7) is 3.26. The van der Waals surface area contributed by atoms with Crippen LogP contribution in [0.3, 0.4) is 0 Å². The molecule has 1 N–H and O–H groups in total. The van der Waals surface area contributed by atoms with E-state index >= 15 is 0 Å². The number of anilines is 1. The standard InChI is InChI=1S/C19H21NO3S/c1-12-14-4-2-3-5-17(14)24-19(12)20-18(21)11-13-6-7-15-16(10-13)23-9-8-22-15/h6-7,10H,2-5,8-9,11H2,1H3,(H,20,21). The highest BCUT2D eigenvalue weighted by molar-refractivity contribution is 7.16. The summed E-state index contributed by atoms with van der Waals surface area (Å²) in [5.74, 6) is 1.51. The Balaban J connectivity index is 1.46. The first kappa shape index (κ1) is 15.5. The van der Waals surface area contributed by atoms with Crippen molar-refractivity contribution in [3.8, 4) is 11.5 Å². The number of hydrogen-bond acceptors (Lipinski definition) is 4. The zero-order chi connectivity index (χ0) is 16.5. The van der Waals surface area contributed by atoms with Crippen molar-refractivity contribution in [3.63, 3.8) is 0 Å². The van der Waals surface area contributed by atoms with Gasteiger partial charge in [0.25, 0.3) is 0 Å². The monoisotopic (exact) mass is 343 g/mol. The number of fused-ring (bicyclic) bond motifs is 2. The number of aryl methyl sites for hydroxylation is 1. The molecule has 2 aliphatic rings. The highest BCUT2D eigenvalue weighted by atomic mass is 32.1. The number of nitrogens with one attached hydrogen (secondary N) is 1. The van der Waals surface area contributed by atoms with Crippen LogP contribution in [0.4, 0.5) is 5.00 Å². The van der Waals surface area contributed by atoms with E-state index in [4.69, 9.17) is 9.47 Å². The van der Waals surface area contributed by atoms with Crippen molar-refractivity contribution >= 4 is 22.2 Å². The molecule has 0 unspecified atom stereocenters. The fraction of sp³-hybridized carbons (Fsp3) is 0.421. The molecule has 24 heavy (non-hydrogen) atoms. The molecule has 1 aliphatic carbocycles. The van der Waals surface area contributed by atoms with Gasteiger partial charge in [-0.1, -0.05) is 6.07 Å². The molecule has 5 heteroatoms. The van der Waals surface area contributed by atoms with Gasteiger partial charge in [0, 0.05) is 4.88 Å². The number of rotatable bonds is 3. The lowest BCUT2D eigenvalue weighted by molar-refractivity contribution is -0.115. The van der Waals surface area contributed by atoms with Gasteiger partial charge < -0.3 is 14.8 Å². The number of ether oxygens (including phenoxy) is 2. The maximum atomic E-state index is 12.4. The Bertz CT molecular complexity index is 781. The Labute approximate surface area is 145 Å². The van der Waals surface area contributed by atoms with Crippen LogP contribution in [0.5, 0.6) is 11.5 Å². The van der Waals surface area contributed by atoms with Crippen molar-refractivity contribution in [2.24, 2.45) is 0 Å². The molecule has 0 atom stereocenters. The summed E-state index contributed by atoms with van der Waals surface area (Å²) in [4.78, 5) is 13.9. The molecule has 126 valence electrons. The lowest BCUT2D eigenvalue weighted by Crippen LogP contribution is -2.17. The number of carbonyl (C=O) groups excluding carboxylic acids is 1. The van der Waals surface area contributed by atoms with Crippen LogP contribution in [0.1, 0.15) is 34.4 Å².